The normalized spacial score (nSPS) is 10.3. The van der Waals surface area contributed by atoms with Crippen LogP contribution in [0.4, 0.5) is 0 Å². The SMILES string of the molecule is O=C(CSCc1cccc(Cl)c1)NCCNC(=O)c1ccc(Cl)cc1. The molecular weight excluding hydrogens is 379 g/mol. The minimum absolute atomic E-state index is 0.0623. The van der Waals surface area contributed by atoms with Crippen molar-refractivity contribution in [1.82, 2.24) is 10.6 Å². The summed E-state index contributed by atoms with van der Waals surface area (Å²) in [5, 5.41) is 6.79. The Balaban J connectivity index is 1.59. The second-order valence-corrected chi connectivity index (χ2v) is 7.09. The van der Waals surface area contributed by atoms with Crippen molar-refractivity contribution in [3.05, 3.63) is 69.7 Å². The molecule has 2 aromatic rings. The first-order valence-electron chi connectivity index (χ1n) is 7.67. The summed E-state index contributed by atoms with van der Waals surface area (Å²) in [6, 6.07) is 14.2. The van der Waals surface area contributed by atoms with Gasteiger partial charge in [-0.25, -0.2) is 0 Å². The number of nitrogens with one attached hydrogen (secondary N) is 2. The first-order chi connectivity index (χ1) is 12.0. The number of carbonyl (C=O) groups is 2. The first kappa shape index (κ1) is 19.6. The van der Waals surface area contributed by atoms with Crippen LogP contribution in [0.2, 0.25) is 10.0 Å². The molecule has 132 valence electrons. The molecule has 0 atom stereocenters. The zero-order valence-corrected chi connectivity index (χ0v) is 15.8. The van der Waals surface area contributed by atoms with Crippen LogP contribution < -0.4 is 10.6 Å². The molecule has 0 aliphatic carbocycles. The zero-order valence-electron chi connectivity index (χ0n) is 13.4. The van der Waals surface area contributed by atoms with Crippen LogP contribution in [-0.4, -0.2) is 30.7 Å². The van der Waals surface area contributed by atoms with E-state index in [1.807, 2.05) is 24.3 Å². The van der Waals surface area contributed by atoms with Gasteiger partial charge in [-0.05, 0) is 42.0 Å². The van der Waals surface area contributed by atoms with Crippen LogP contribution >= 0.6 is 35.0 Å². The average Bonchev–Trinajstić information content (AvgIpc) is 2.59. The highest BCUT2D eigenvalue weighted by Gasteiger charge is 2.05. The molecule has 25 heavy (non-hydrogen) atoms. The van der Waals surface area contributed by atoms with Gasteiger partial charge in [0, 0.05) is 34.5 Å². The summed E-state index contributed by atoms with van der Waals surface area (Å²) in [6.07, 6.45) is 0. The highest BCUT2D eigenvalue weighted by Crippen LogP contribution is 2.16. The Hall–Kier alpha value is -1.69. The molecule has 0 bridgehead atoms. The lowest BCUT2D eigenvalue weighted by Gasteiger charge is -2.07. The molecule has 7 heteroatoms. The second-order valence-electron chi connectivity index (χ2n) is 5.24. The molecule has 0 aromatic heterocycles. The van der Waals surface area contributed by atoms with Gasteiger partial charge in [0.05, 0.1) is 5.75 Å². The Morgan fingerprint density at radius 3 is 2.36 bits per heavy atom. The van der Waals surface area contributed by atoms with E-state index in [2.05, 4.69) is 10.6 Å². The van der Waals surface area contributed by atoms with E-state index in [9.17, 15) is 9.59 Å². The number of thioether (sulfide) groups is 1. The monoisotopic (exact) mass is 396 g/mol. The van der Waals surface area contributed by atoms with Crippen LogP contribution in [0.25, 0.3) is 0 Å². The molecule has 0 radical (unpaired) electrons. The summed E-state index contributed by atoms with van der Waals surface area (Å²) in [6.45, 7) is 0.752. The largest absolute Gasteiger partial charge is 0.354 e. The molecular formula is C18H18Cl2N2O2S. The number of benzene rings is 2. The van der Waals surface area contributed by atoms with Gasteiger partial charge in [0.15, 0.2) is 0 Å². The lowest BCUT2D eigenvalue weighted by molar-refractivity contribution is -0.118. The highest BCUT2D eigenvalue weighted by molar-refractivity contribution is 7.99. The zero-order chi connectivity index (χ0) is 18.1. The van der Waals surface area contributed by atoms with Gasteiger partial charge < -0.3 is 10.6 Å². The Morgan fingerprint density at radius 2 is 1.64 bits per heavy atom. The minimum Gasteiger partial charge on any atom is -0.354 e. The molecule has 0 saturated heterocycles. The number of hydrogen-bond donors (Lipinski definition) is 2. The third-order valence-corrected chi connectivity index (χ3v) is 4.72. The number of rotatable bonds is 8. The molecule has 0 saturated carbocycles. The van der Waals surface area contributed by atoms with Crippen molar-refractivity contribution in [2.24, 2.45) is 0 Å². The van der Waals surface area contributed by atoms with Crippen LogP contribution in [0.15, 0.2) is 48.5 Å². The predicted molar refractivity (Wildman–Crippen MR) is 104 cm³/mol. The fourth-order valence-corrected chi connectivity index (χ4v) is 3.16. The van der Waals surface area contributed by atoms with E-state index in [1.54, 1.807) is 24.3 Å². The standard InChI is InChI=1S/C18H18Cl2N2O2S/c19-15-6-4-14(5-7-15)18(24)22-9-8-21-17(23)12-25-11-13-2-1-3-16(20)10-13/h1-7,10H,8-9,11-12H2,(H,21,23)(H,22,24). The van der Waals surface area contributed by atoms with Crippen LogP contribution in [0.1, 0.15) is 15.9 Å². The van der Waals surface area contributed by atoms with Crippen LogP contribution in [0.3, 0.4) is 0 Å². The van der Waals surface area contributed by atoms with Gasteiger partial charge in [-0.1, -0.05) is 35.3 Å². The molecule has 2 aromatic carbocycles. The molecule has 2 N–H and O–H groups in total. The quantitative estimate of drug-likeness (QED) is 0.667. The second kappa shape index (κ2) is 10.3. The average molecular weight is 397 g/mol. The van der Waals surface area contributed by atoms with E-state index < -0.39 is 0 Å². The van der Waals surface area contributed by atoms with E-state index in [0.29, 0.717) is 34.5 Å². The molecule has 2 amide bonds. The fourth-order valence-electron chi connectivity index (χ4n) is 2.02. The number of halogens is 2. The third kappa shape index (κ3) is 7.38. The molecule has 0 heterocycles. The minimum atomic E-state index is -0.193. The summed E-state index contributed by atoms with van der Waals surface area (Å²) in [5.41, 5.74) is 1.62. The van der Waals surface area contributed by atoms with Gasteiger partial charge in [-0.2, -0.15) is 0 Å². The molecule has 4 nitrogen and oxygen atoms in total. The van der Waals surface area contributed by atoms with Crippen molar-refractivity contribution in [2.75, 3.05) is 18.8 Å². The highest BCUT2D eigenvalue weighted by atomic mass is 35.5. The maximum Gasteiger partial charge on any atom is 0.251 e. The summed E-state index contributed by atoms with van der Waals surface area (Å²) in [4.78, 5) is 23.6. The van der Waals surface area contributed by atoms with Crippen molar-refractivity contribution < 1.29 is 9.59 Å². The molecule has 0 spiro atoms. The van der Waals surface area contributed by atoms with E-state index in [-0.39, 0.29) is 11.8 Å². The smallest absolute Gasteiger partial charge is 0.251 e. The molecule has 0 fully saturated rings. The van der Waals surface area contributed by atoms with Crippen molar-refractivity contribution in [3.8, 4) is 0 Å². The van der Waals surface area contributed by atoms with Crippen molar-refractivity contribution in [1.29, 1.82) is 0 Å². The van der Waals surface area contributed by atoms with Gasteiger partial charge >= 0.3 is 0 Å². The Bertz CT molecular complexity index is 723. The first-order valence-corrected chi connectivity index (χ1v) is 9.58. The topological polar surface area (TPSA) is 58.2 Å². The van der Waals surface area contributed by atoms with Crippen molar-refractivity contribution >= 4 is 46.8 Å². The Morgan fingerprint density at radius 1 is 0.920 bits per heavy atom. The van der Waals surface area contributed by atoms with Gasteiger partial charge in [0.1, 0.15) is 0 Å². The van der Waals surface area contributed by atoms with Crippen LogP contribution in [0, 0.1) is 0 Å². The number of hydrogen-bond acceptors (Lipinski definition) is 3. The molecule has 0 unspecified atom stereocenters. The molecule has 2 rings (SSSR count). The van der Waals surface area contributed by atoms with Gasteiger partial charge in [-0.3, -0.25) is 9.59 Å². The Labute approximate surface area is 161 Å². The maximum atomic E-state index is 11.9. The lowest BCUT2D eigenvalue weighted by atomic mass is 10.2. The van der Waals surface area contributed by atoms with Crippen LogP contribution in [0.5, 0.6) is 0 Å². The van der Waals surface area contributed by atoms with E-state index in [4.69, 9.17) is 23.2 Å². The third-order valence-electron chi connectivity index (χ3n) is 3.23. The molecule has 0 aliphatic heterocycles. The maximum absolute atomic E-state index is 11.9. The number of amides is 2. The van der Waals surface area contributed by atoms with Gasteiger partial charge in [-0.15, -0.1) is 11.8 Å². The van der Waals surface area contributed by atoms with E-state index in [0.717, 1.165) is 11.3 Å². The number of carbonyl (C=O) groups excluding carboxylic acids is 2. The van der Waals surface area contributed by atoms with Gasteiger partial charge in [0.2, 0.25) is 5.91 Å². The van der Waals surface area contributed by atoms with Crippen molar-refractivity contribution in [3.63, 3.8) is 0 Å². The summed E-state index contributed by atoms with van der Waals surface area (Å²) >= 11 is 13.2. The van der Waals surface area contributed by atoms with Crippen LogP contribution in [-0.2, 0) is 10.5 Å². The fraction of sp³-hybridized carbons (Fsp3) is 0.222. The molecule has 0 aliphatic rings. The summed E-state index contributed by atoms with van der Waals surface area (Å²) in [7, 11) is 0. The lowest BCUT2D eigenvalue weighted by Crippen LogP contribution is -2.35. The van der Waals surface area contributed by atoms with Crippen molar-refractivity contribution in [2.45, 2.75) is 5.75 Å². The van der Waals surface area contributed by atoms with E-state index in [1.165, 1.54) is 11.8 Å². The Kier molecular flexibility index (Phi) is 8.12. The van der Waals surface area contributed by atoms with E-state index >= 15 is 0 Å². The predicted octanol–water partition coefficient (Wildman–Crippen LogP) is 3.77. The summed E-state index contributed by atoms with van der Waals surface area (Å²) < 4.78 is 0. The van der Waals surface area contributed by atoms with Gasteiger partial charge in [0.25, 0.3) is 5.91 Å². The summed E-state index contributed by atoms with van der Waals surface area (Å²) in [5.74, 6) is 0.827.